The lowest BCUT2D eigenvalue weighted by molar-refractivity contribution is -0.151. The van der Waals surface area contributed by atoms with Gasteiger partial charge in [-0.2, -0.15) is 0 Å². The van der Waals surface area contributed by atoms with Gasteiger partial charge in [0.05, 0.1) is 25.2 Å². The lowest BCUT2D eigenvalue weighted by Gasteiger charge is -2.24. The molecule has 3 atom stereocenters. The first-order valence-electron chi connectivity index (χ1n) is 22.9. The summed E-state index contributed by atoms with van der Waals surface area (Å²) in [6, 6.07) is -0.700. The van der Waals surface area contributed by atoms with Crippen LogP contribution in [0, 0.1) is 0 Å². The lowest BCUT2D eigenvalue weighted by atomic mass is 10.0. The maximum Gasteiger partial charge on any atom is 0.306 e. The maximum atomic E-state index is 13.1. The number of carbonyl (C=O) groups excluding carboxylic acids is 2. The normalized spacial score (nSPS) is 13.4. The van der Waals surface area contributed by atoms with Gasteiger partial charge in [0.1, 0.15) is 6.10 Å². The Balaban J connectivity index is 4.61. The summed E-state index contributed by atoms with van der Waals surface area (Å²) in [6.07, 6.45) is 42.7. The summed E-state index contributed by atoms with van der Waals surface area (Å²) in [6.45, 7) is 6.44. The van der Waals surface area contributed by atoms with Gasteiger partial charge < -0.3 is 20.3 Å². The molecule has 0 bridgehead atoms. The van der Waals surface area contributed by atoms with Crippen LogP contribution in [-0.2, 0) is 14.3 Å². The summed E-state index contributed by atoms with van der Waals surface area (Å²) in [5, 5.41) is 23.6. The Morgan fingerprint density at radius 1 is 0.538 bits per heavy atom. The molecule has 6 heteroatoms. The van der Waals surface area contributed by atoms with Crippen LogP contribution in [0.4, 0.5) is 0 Å². The van der Waals surface area contributed by atoms with E-state index < -0.39 is 18.2 Å². The highest BCUT2D eigenvalue weighted by atomic mass is 16.5. The van der Waals surface area contributed by atoms with Crippen LogP contribution in [0.25, 0.3) is 0 Å². The number of amides is 1. The number of aliphatic hydroxyl groups is 2. The van der Waals surface area contributed by atoms with E-state index in [-0.39, 0.29) is 24.9 Å². The highest BCUT2D eigenvalue weighted by Crippen LogP contribution is 2.17. The molecule has 0 aliphatic carbocycles. The van der Waals surface area contributed by atoms with Crippen LogP contribution in [0.3, 0.4) is 0 Å². The highest BCUT2D eigenvalue weighted by Gasteiger charge is 2.24. The van der Waals surface area contributed by atoms with Crippen molar-refractivity contribution in [1.82, 2.24) is 5.32 Å². The van der Waals surface area contributed by atoms with E-state index in [0.717, 1.165) is 57.8 Å². The number of aliphatic hydroxyl groups excluding tert-OH is 2. The Bertz CT molecular complexity index is 787. The van der Waals surface area contributed by atoms with Gasteiger partial charge in [-0.05, 0) is 44.9 Å². The highest BCUT2D eigenvalue weighted by molar-refractivity contribution is 5.77. The Labute approximate surface area is 323 Å². The molecule has 0 rings (SSSR count). The molecule has 0 fully saturated rings. The van der Waals surface area contributed by atoms with E-state index >= 15 is 0 Å². The number of hydrogen-bond donors (Lipinski definition) is 3. The van der Waals surface area contributed by atoms with Gasteiger partial charge in [-0.15, -0.1) is 0 Å². The van der Waals surface area contributed by atoms with E-state index in [9.17, 15) is 19.8 Å². The molecule has 0 radical (unpaired) electrons. The monoisotopic (exact) mass is 736 g/mol. The van der Waals surface area contributed by atoms with E-state index in [4.69, 9.17) is 4.74 Å². The second-order valence-corrected chi connectivity index (χ2v) is 15.8. The molecule has 0 aliphatic heterocycles. The zero-order valence-electron chi connectivity index (χ0n) is 35.0. The first kappa shape index (κ1) is 50.6. The van der Waals surface area contributed by atoms with Crippen LogP contribution in [0.2, 0.25) is 0 Å². The second kappa shape index (κ2) is 40.8. The first-order chi connectivity index (χ1) is 25.5. The predicted octanol–water partition coefficient (Wildman–Crippen LogP) is 13.0. The zero-order chi connectivity index (χ0) is 38.2. The van der Waals surface area contributed by atoms with Gasteiger partial charge in [-0.25, -0.2) is 0 Å². The summed E-state index contributed by atoms with van der Waals surface area (Å²) in [7, 11) is 0. The number of hydrogen-bond acceptors (Lipinski definition) is 5. The smallest absolute Gasteiger partial charge is 0.306 e. The zero-order valence-corrected chi connectivity index (χ0v) is 35.0. The number of nitrogens with one attached hydrogen (secondary N) is 1. The Morgan fingerprint density at radius 2 is 0.942 bits per heavy atom. The maximum absolute atomic E-state index is 13.1. The minimum atomic E-state index is -0.785. The average molecular weight is 736 g/mol. The van der Waals surface area contributed by atoms with Gasteiger partial charge in [-0.3, -0.25) is 9.59 Å². The van der Waals surface area contributed by atoms with Gasteiger partial charge in [-0.1, -0.05) is 200 Å². The SMILES string of the molecule is CCCCCCCCC/C=C\CCCC(CC(=O)NC(CO)C(O)CCCCCCCCCCC)OC(=O)CCCCCCCCCCCCCC. The third kappa shape index (κ3) is 35.6. The Hall–Kier alpha value is -1.40. The third-order valence-corrected chi connectivity index (χ3v) is 10.6. The summed E-state index contributed by atoms with van der Waals surface area (Å²) in [4.78, 5) is 25.9. The molecule has 1 amide bonds. The van der Waals surface area contributed by atoms with E-state index in [1.807, 2.05) is 0 Å². The fourth-order valence-corrected chi connectivity index (χ4v) is 7.08. The molecule has 0 aliphatic rings. The summed E-state index contributed by atoms with van der Waals surface area (Å²) in [5.74, 6) is -0.494. The van der Waals surface area contributed by atoms with Crippen LogP contribution < -0.4 is 5.32 Å². The van der Waals surface area contributed by atoms with Crippen LogP contribution in [0.15, 0.2) is 12.2 Å². The molecule has 0 aromatic heterocycles. The molecule has 0 aromatic rings. The van der Waals surface area contributed by atoms with Gasteiger partial charge in [0.15, 0.2) is 0 Å². The molecule has 3 unspecified atom stereocenters. The van der Waals surface area contributed by atoms with E-state index in [2.05, 4.69) is 38.2 Å². The second-order valence-electron chi connectivity index (χ2n) is 15.8. The molecular formula is C46H89NO5. The van der Waals surface area contributed by atoms with Crippen molar-refractivity contribution in [2.24, 2.45) is 0 Å². The average Bonchev–Trinajstić information content (AvgIpc) is 3.13. The Kier molecular flexibility index (Phi) is 39.7. The first-order valence-corrected chi connectivity index (χ1v) is 22.9. The summed E-state index contributed by atoms with van der Waals surface area (Å²) in [5.41, 5.74) is 0. The molecule has 3 N–H and O–H groups in total. The number of ether oxygens (including phenoxy) is 1. The minimum Gasteiger partial charge on any atom is -0.462 e. The molecule has 0 aromatic carbocycles. The molecule has 0 heterocycles. The number of carbonyl (C=O) groups is 2. The fraction of sp³-hybridized carbons (Fsp3) is 0.913. The number of unbranched alkanes of at least 4 members (excludes halogenated alkanes) is 27. The molecule has 6 nitrogen and oxygen atoms in total. The minimum absolute atomic E-state index is 0.0627. The van der Waals surface area contributed by atoms with E-state index in [1.165, 1.54) is 141 Å². The van der Waals surface area contributed by atoms with Crippen molar-refractivity contribution in [1.29, 1.82) is 0 Å². The standard InChI is InChI=1S/C46H89NO5/c1-4-7-10-13-16-19-21-23-26-28-31-34-37-42(52-46(51)39-36-33-30-27-24-22-20-17-14-11-8-5-2)40-45(50)47-43(41-48)44(49)38-35-32-29-25-18-15-12-9-6-3/h26,28,42-44,48-49H,4-25,27,29-41H2,1-3H3,(H,47,50)/b28-26-. The lowest BCUT2D eigenvalue weighted by Crippen LogP contribution is -2.46. The van der Waals surface area contributed by atoms with Crippen LogP contribution >= 0.6 is 0 Å². The van der Waals surface area contributed by atoms with Crippen LogP contribution in [0.1, 0.15) is 245 Å². The number of rotatable bonds is 41. The van der Waals surface area contributed by atoms with Crippen LogP contribution in [-0.4, -0.2) is 46.9 Å². The number of allylic oxidation sites excluding steroid dienone is 2. The molecule has 0 spiro atoms. The summed E-state index contributed by atoms with van der Waals surface area (Å²) >= 11 is 0. The van der Waals surface area contributed by atoms with Crippen molar-refractivity contribution >= 4 is 11.9 Å². The van der Waals surface area contributed by atoms with E-state index in [1.54, 1.807) is 0 Å². The van der Waals surface area contributed by atoms with Crippen molar-refractivity contribution in [2.75, 3.05) is 6.61 Å². The van der Waals surface area contributed by atoms with Crippen molar-refractivity contribution < 1.29 is 24.5 Å². The molecule has 308 valence electrons. The topological polar surface area (TPSA) is 95.9 Å². The van der Waals surface area contributed by atoms with Crippen molar-refractivity contribution in [3.05, 3.63) is 12.2 Å². The summed E-state index contributed by atoms with van der Waals surface area (Å²) < 4.78 is 5.88. The van der Waals surface area contributed by atoms with Crippen molar-refractivity contribution in [3.8, 4) is 0 Å². The molecule has 0 saturated heterocycles. The largest absolute Gasteiger partial charge is 0.462 e. The molecular weight excluding hydrogens is 647 g/mol. The predicted molar refractivity (Wildman–Crippen MR) is 223 cm³/mol. The van der Waals surface area contributed by atoms with Crippen molar-refractivity contribution in [3.63, 3.8) is 0 Å². The van der Waals surface area contributed by atoms with E-state index in [0.29, 0.717) is 19.3 Å². The Morgan fingerprint density at radius 3 is 1.40 bits per heavy atom. The van der Waals surface area contributed by atoms with Gasteiger partial charge >= 0.3 is 5.97 Å². The molecule has 0 saturated carbocycles. The quantitative estimate of drug-likeness (QED) is 0.0330. The van der Waals surface area contributed by atoms with Gasteiger partial charge in [0, 0.05) is 6.42 Å². The van der Waals surface area contributed by atoms with Gasteiger partial charge in [0.2, 0.25) is 5.91 Å². The fourth-order valence-electron chi connectivity index (χ4n) is 7.08. The van der Waals surface area contributed by atoms with Crippen molar-refractivity contribution in [2.45, 2.75) is 264 Å². The van der Waals surface area contributed by atoms with Crippen LogP contribution in [0.5, 0.6) is 0 Å². The number of esters is 1. The molecule has 52 heavy (non-hydrogen) atoms. The van der Waals surface area contributed by atoms with Gasteiger partial charge in [0.25, 0.3) is 0 Å². The third-order valence-electron chi connectivity index (χ3n) is 10.6.